The summed E-state index contributed by atoms with van der Waals surface area (Å²) in [6, 6.07) is 6.06. The fourth-order valence-corrected chi connectivity index (χ4v) is 2.64. The second-order valence-corrected chi connectivity index (χ2v) is 5.91. The highest BCUT2D eigenvalue weighted by molar-refractivity contribution is 6.03. The number of aromatic nitrogens is 1. The standard InChI is InChI=1S/C17H20N2O4/c1-9(2)14(10(3)20)18-16(22)13-15(21)11-7-5-6-8-12(11)19(4)17(13)23/h5-9,14,21H,1-4H3,(H,18,22)/t14-/m1/s1. The van der Waals surface area contributed by atoms with E-state index in [1.165, 1.54) is 18.5 Å². The van der Waals surface area contributed by atoms with Crippen LogP contribution in [0, 0.1) is 5.92 Å². The zero-order chi connectivity index (χ0) is 17.3. The Balaban J connectivity index is 2.57. The van der Waals surface area contributed by atoms with Crippen LogP contribution in [0.4, 0.5) is 0 Å². The Hall–Kier alpha value is -2.63. The molecular weight excluding hydrogens is 296 g/mol. The van der Waals surface area contributed by atoms with E-state index in [9.17, 15) is 19.5 Å². The van der Waals surface area contributed by atoms with Gasteiger partial charge >= 0.3 is 0 Å². The lowest BCUT2D eigenvalue weighted by molar-refractivity contribution is -0.119. The van der Waals surface area contributed by atoms with E-state index in [1.54, 1.807) is 38.1 Å². The number of nitrogens with zero attached hydrogens (tertiary/aromatic N) is 1. The molecule has 6 heteroatoms. The van der Waals surface area contributed by atoms with Gasteiger partial charge in [0.1, 0.15) is 11.3 Å². The molecule has 2 rings (SSSR count). The number of hydrogen-bond donors (Lipinski definition) is 2. The second-order valence-electron chi connectivity index (χ2n) is 5.91. The highest BCUT2D eigenvalue weighted by Crippen LogP contribution is 2.25. The summed E-state index contributed by atoms with van der Waals surface area (Å²) in [4.78, 5) is 36.5. The van der Waals surface area contributed by atoms with Crippen LogP contribution in [0.1, 0.15) is 31.1 Å². The fourth-order valence-electron chi connectivity index (χ4n) is 2.64. The number of aromatic hydroxyl groups is 1. The monoisotopic (exact) mass is 316 g/mol. The van der Waals surface area contributed by atoms with Crippen LogP contribution in [-0.2, 0) is 11.8 Å². The van der Waals surface area contributed by atoms with Gasteiger partial charge in [-0.25, -0.2) is 0 Å². The lowest BCUT2D eigenvalue weighted by atomic mass is 10.00. The number of hydrogen-bond acceptors (Lipinski definition) is 4. The van der Waals surface area contributed by atoms with Crippen molar-refractivity contribution in [2.24, 2.45) is 13.0 Å². The van der Waals surface area contributed by atoms with Crippen LogP contribution in [-0.4, -0.2) is 27.4 Å². The molecule has 0 saturated carbocycles. The van der Waals surface area contributed by atoms with Crippen LogP contribution in [0.2, 0.25) is 0 Å². The maximum absolute atomic E-state index is 12.5. The Bertz CT molecular complexity index is 836. The number of benzene rings is 1. The number of aryl methyl sites for hydroxylation is 1. The summed E-state index contributed by atoms with van der Waals surface area (Å²) < 4.78 is 1.31. The second kappa shape index (κ2) is 6.24. The molecule has 0 saturated heterocycles. The normalized spacial score (nSPS) is 12.4. The summed E-state index contributed by atoms with van der Waals surface area (Å²) in [5.74, 6) is -1.44. The van der Waals surface area contributed by atoms with Crippen molar-refractivity contribution < 1.29 is 14.7 Å². The molecule has 2 aromatic rings. The average molecular weight is 316 g/mol. The number of amides is 1. The molecule has 0 aliphatic rings. The summed E-state index contributed by atoms with van der Waals surface area (Å²) in [5.41, 5.74) is -0.429. The van der Waals surface area contributed by atoms with Gasteiger partial charge in [-0.1, -0.05) is 26.0 Å². The van der Waals surface area contributed by atoms with Crippen LogP contribution in [0.25, 0.3) is 10.9 Å². The SMILES string of the molecule is CC(=O)[C@H](NC(=O)c1c(O)c2ccccc2n(C)c1=O)C(C)C. The van der Waals surface area contributed by atoms with Gasteiger partial charge in [0.2, 0.25) is 0 Å². The Kier molecular flexibility index (Phi) is 4.54. The van der Waals surface area contributed by atoms with E-state index < -0.39 is 17.5 Å². The molecule has 0 fully saturated rings. The molecule has 1 atom stereocenters. The van der Waals surface area contributed by atoms with Crippen LogP contribution in [0.15, 0.2) is 29.1 Å². The van der Waals surface area contributed by atoms with Gasteiger partial charge in [-0.2, -0.15) is 0 Å². The third-order valence-electron chi connectivity index (χ3n) is 3.89. The van der Waals surface area contributed by atoms with Gasteiger partial charge < -0.3 is 15.0 Å². The molecule has 0 radical (unpaired) electrons. The number of fused-ring (bicyclic) bond motifs is 1. The first kappa shape index (κ1) is 16.7. The first-order valence-electron chi connectivity index (χ1n) is 7.37. The topological polar surface area (TPSA) is 88.4 Å². The third-order valence-corrected chi connectivity index (χ3v) is 3.89. The van der Waals surface area contributed by atoms with Gasteiger partial charge in [0.15, 0.2) is 5.78 Å². The number of carbonyl (C=O) groups is 2. The Morgan fingerprint density at radius 1 is 1.22 bits per heavy atom. The predicted octanol–water partition coefficient (Wildman–Crippen LogP) is 1.59. The number of rotatable bonds is 4. The first-order valence-corrected chi connectivity index (χ1v) is 7.37. The molecule has 6 nitrogen and oxygen atoms in total. The maximum Gasteiger partial charge on any atom is 0.267 e. The number of carbonyl (C=O) groups excluding carboxylic acids is 2. The molecule has 1 aromatic heterocycles. The maximum atomic E-state index is 12.5. The van der Waals surface area contributed by atoms with E-state index in [2.05, 4.69) is 5.32 Å². The molecule has 0 aliphatic heterocycles. The molecule has 2 N–H and O–H groups in total. The summed E-state index contributed by atoms with van der Waals surface area (Å²) in [7, 11) is 1.53. The van der Waals surface area contributed by atoms with E-state index in [1.807, 2.05) is 0 Å². The van der Waals surface area contributed by atoms with Gasteiger partial charge in [0, 0.05) is 12.4 Å². The molecule has 23 heavy (non-hydrogen) atoms. The van der Waals surface area contributed by atoms with E-state index in [-0.39, 0.29) is 23.0 Å². The molecule has 0 spiro atoms. The van der Waals surface area contributed by atoms with Crippen LogP contribution in [0.5, 0.6) is 5.75 Å². The summed E-state index contributed by atoms with van der Waals surface area (Å²) in [6.45, 7) is 4.97. The molecule has 0 bridgehead atoms. The lowest BCUT2D eigenvalue weighted by Crippen LogP contribution is -2.45. The van der Waals surface area contributed by atoms with Crippen molar-refractivity contribution in [3.63, 3.8) is 0 Å². The van der Waals surface area contributed by atoms with Gasteiger partial charge in [-0.15, -0.1) is 0 Å². The lowest BCUT2D eigenvalue weighted by Gasteiger charge is -2.20. The molecular formula is C17H20N2O4. The van der Waals surface area contributed by atoms with Crippen molar-refractivity contribution in [1.29, 1.82) is 0 Å². The van der Waals surface area contributed by atoms with Crippen LogP contribution in [0.3, 0.4) is 0 Å². The summed E-state index contributed by atoms with van der Waals surface area (Å²) >= 11 is 0. The minimum Gasteiger partial charge on any atom is -0.506 e. The van der Waals surface area contributed by atoms with E-state index in [4.69, 9.17) is 0 Å². The van der Waals surface area contributed by atoms with Crippen molar-refractivity contribution in [3.8, 4) is 5.75 Å². The predicted molar refractivity (Wildman–Crippen MR) is 87.6 cm³/mol. The van der Waals surface area contributed by atoms with Crippen LogP contribution >= 0.6 is 0 Å². The highest BCUT2D eigenvalue weighted by atomic mass is 16.3. The molecule has 0 unspecified atom stereocenters. The molecule has 1 amide bonds. The Labute approximate surface area is 133 Å². The molecule has 1 aromatic carbocycles. The largest absolute Gasteiger partial charge is 0.506 e. The number of para-hydroxylation sites is 1. The minimum atomic E-state index is -0.747. The molecule has 122 valence electrons. The van der Waals surface area contributed by atoms with Crippen molar-refractivity contribution in [2.45, 2.75) is 26.8 Å². The summed E-state index contributed by atoms with van der Waals surface area (Å²) in [5, 5.41) is 13.3. The van der Waals surface area contributed by atoms with Crippen molar-refractivity contribution >= 4 is 22.6 Å². The van der Waals surface area contributed by atoms with E-state index in [0.29, 0.717) is 10.9 Å². The van der Waals surface area contributed by atoms with Crippen molar-refractivity contribution in [3.05, 3.63) is 40.2 Å². The van der Waals surface area contributed by atoms with E-state index >= 15 is 0 Å². The zero-order valence-electron chi connectivity index (χ0n) is 13.6. The number of ketones is 1. The number of Topliss-reactive ketones (excluding diaryl/α,β-unsaturated/α-hetero) is 1. The van der Waals surface area contributed by atoms with Crippen LogP contribution < -0.4 is 10.9 Å². The summed E-state index contributed by atoms with van der Waals surface area (Å²) in [6.07, 6.45) is 0. The smallest absolute Gasteiger partial charge is 0.267 e. The molecule has 1 heterocycles. The van der Waals surface area contributed by atoms with Crippen molar-refractivity contribution in [1.82, 2.24) is 9.88 Å². The quantitative estimate of drug-likeness (QED) is 0.896. The zero-order valence-corrected chi connectivity index (χ0v) is 13.6. The van der Waals surface area contributed by atoms with Crippen molar-refractivity contribution in [2.75, 3.05) is 0 Å². The minimum absolute atomic E-state index is 0.122. The fraction of sp³-hybridized carbons (Fsp3) is 0.353. The van der Waals surface area contributed by atoms with Gasteiger partial charge in [-0.3, -0.25) is 14.4 Å². The van der Waals surface area contributed by atoms with E-state index in [0.717, 1.165) is 0 Å². The third kappa shape index (κ3) is 2.97. The highest BCUT2D eigenvalue weighted by Gasteiger charge is 2.26. The van der Waals surface area contributed by atoms with Gasteiger partial charge in [-0.05, 0) is 25.0 Å². The first-order chi connectivity index (χ1) is 10.8. The van der Waals surface area contributed by atoms with Gasteiger partial charge in [0.25, 0.3) is 11.5 Å². The average Bonchev–Trinajstić information content (AvgIpc) is 2.50. The van der Waals surface area contributed by atoms with Gasteiger partial charge in [0.05, 0.1) is 11.6 Å². The molecule has 0 aliphatic carbocycles. The number of nitrogens with one attached hydrogen (secondary N) is 1. The number of pyridine rings is 1. The Morgan fingerprint density at radius 2 is 1.83 bits per heavy atom. The Morgan fingerprint density at radius 3 is 2.39 bits per heavy atom.